The van der Waals surface area contributed by atoms with Gasteiger partial charge < -0.3 is 0 Å². The molecule has 1 aromatic carbocycles. The van der Waals surface area contributed by atoms with Gasteiger partial charge in [-0.3, -0.25) is 0 Å². The van der Waals surface area contributed by atoms with Crippen LogP contribution in [0.5, 0.6) is 11.5 Å². The molecule has 0 saturated heterocycles. The van der Waals surface area contributed by atoms with Crippen molar-refractivity contribution in [1.82, 2.24) is 0 Å². The molecule has 0 heterocycles. The van der Waals surface area contributed by atoms with Gasteiger partial charge >= 0.3 is 84.1 Å². The summed E-state index contributed by atoms with van der Waals surface area (Å²) in [6, 6.07) is 5.83. The standard InChI is InChI=1S/C8H9O2.Na/c1-9-7-4-3-5-8(6-7)10-2;/h3-5H,1-2H3;. The van der Waals surface area contributed by atoms with Crippen molar-refractivity contribution in [3.63, 3.8) is 0 Å². The number of ether oxygens (including phenoxy) is 2. The van der Waals surface area contributed by atoms with E-state index in [-0.39, 0.29) is 0 Å². The first-order valence-electron chi connectivity index (χ1n) is 3.47. The molecule has 11 heavy (non-hydrogen) atoms. The summed E-state index contributed by atoms with van der Waals surface area (Å²) < 4.78 is 11.5. The number of hydrogen-bond donors (Lipinski definition) is 0. The van der Waals surface area contributed by atoms with Gasteiger partial charge in [0.25, 0.3) is 0 Å². The van der Waals surface area contributed by atoms with Gasteiger partial charge in [0.1, 0.15) is 0 Å². The zero-order chi connectivity index (χ0) is 8.27. The van der Waals surface area contributed by atoms with Crippen LogP contribution >= 0.6 is 0 Å². The Balaban J connectivity index is 3.10. The predicted molar refractivity (Wildman–Crippen MR) is 44.9 cm³/mol. The Morgan fingerprint density at radius 2 is 1.55 bits per heavy atom. The molecule has 0 aliphatic carbocycles. The third-order valence-corrected chi connectivity index (χ3v) is 2.66. The Labute approximate surface area is 83.9 Å². The van der Waals surface area contributed by atoms with E-state index in [4.69, 9.17) is 9.47 Å². The summed E-state index contributed by atoms with van der Waals surface area (Å²) in [6.07, 6.45) is 0. The first kappa shape index (κ1) is 8.91. The van der Waals surface area contributed by atoms with E-state index in [0.29, 0.717) is 0 Å². The topological polar surface area (TPSA) is 18.5 Å². The van der Waals surface area contributed by atoms with Crippen LogP contribution in [0.25, 0.3) is 0 Å². The second-order valence-corrected chi connectivity index (χ2v) is 3.29. The summed E-state index contributed by atoms with van der Waals surface area (Å²) in [5.74, 6) is 1.85. The van der Waals surface area contributed by atoms with E-state index in [1.165, 1.54) is 2.81 Å². The molecular formula is C8H9NaO2. The summed E-state index contributed by atoms with van der Waals surface area (Å²) in [4.78, 5) is 0. The van der Waals surface area contributed by atoms with Crippen molar-refractivity contribution >= 4 is 30.7 Å². The summed E-state index contributed by atoms with van der Waals surface area (Å²) in [5.41, 5.74) is 0. The number of benzene rings is 1. The average Bonchev–Trinajstić information content (AvgIpc) is 2.05. The average molecular weight is 160 g/mol. The fourth-order valence-electron chi connectivity index (χ4n) is 1.04. The maximum atomic E-state index is 5.14. The molecule has 0 aliphatic heterocycles. The molecule has 0 radical (unpaired) electrons. The number of rotatable bonds is 2. The molecule has 1 rings (SSSR count). The molecule has 0 fully saturated rings. The Morgan fingerprint density at radius 3 is 1.91 bits per heavy atom. The molecule has 0 aliphatic rings. The molecular weight excluding hydrogens is 151 g/mol. The fourth-order valence-corrected chi connectivity index (χ4v) is 1.78. The van der Waals surface area contributed by atoms with Crippen LogP contribution in [-0.4, -0.2) is 42.2 Å². The quantitative estimate of drug-likeness (QED) is 0.586. The van der Waals surface area contributed by atoms with E-state index in [2.05, 4.69) is 0 Å². The van der Waals surface area contributed by atoms with E-state index in [1.54, 1.807) is 14.2 Å². The van der Waals surface area contributed by atoms with Gasteiger partial charge in [0.2, 0.25) is 0 Å². The van der Waals surface area contributed by atoms with E-state index < -0.39 is 0 Å². The Hall–Kier alpha value is -0.180. The van der Waals surface area contributed by atoms with Gasteiger partial charge in [-0.2, -0.15) is 0 Å². The van der Waals surface area contributed by atoms with E-state index >= 15 is 0 Å². The monoisotopic (exact) mass is 160 g/mol. The fraction of sp³-hybridized carbons (Fsp3) is 0.250. The van der Waals surface area contributed by atoms with Crippen molar-refractivity contribution in [3.8, 4) is 11.5 Å². The second kappa shape index (κ2) is 4.00. The van der Waals surface area contributed by atoms with Gasteiger partial charge in [-0.05, 0) is 0 Å². The van der Waals surface area contributed by atoms with Gasteiger partial charge in [0, 0.05) is 0 Å². The first-order valence-corrected chi connectivity index (χ1v) is 4.47. The van der Waals surface area contributed by atoms with Crippen LogP contribution in [0.1, 0.15) is 0 Å². The second-order valence-electron chi connectivity index (χ2n) is 2.29. The van der Waals surface area contributed by atoms with Crippen LogP contribution in [-0.2, 0) is 0 Å². The molecule has 2 nitrogen and oxygen atoms in total. The summed E-state index contributed by atoms with van der Waals surface area (Å²) in [6.45, 7) is 0. The molecule has 0 spiro atoms. The third kappa shape index (κ3) is 1.89. The van der Waals surface area contributed by atoms with E-state index in [1.807, 2.05) is 18.2 Å². The SMILES string of the molecule is COc1cccc(OC)[c]1[Na]. The van der Waals surface area contributed by atoms with Crippen LogP contribution in [0, 0.1) is 0 Å². The first-order chi connectivity index (χ1) is 5.29. The van der Waals surface area contributed by atoms with Crippen LogP contribution in [0.4, 0.5) is 0 Å². The van der Waals surface area contributed by atoms with Crippen molar-refractivity contribution in [2.45, 2.75) is 0 Å². The van der Waals surface area contributed by atoms with Gasteiger partial charge in [-0.1, -0.05) is 0 Å². The maximum absolute atomic E-state index is 5.14. The predicted octanol–water partition coefficient (Wildman–Crippen LogP) is 0.498. The van der Waals surface area contributed by atoms with Crippen LogP contribution in [0.15, 0.2) is 18.2 Å². The van der Waals surface area contributed by atoms with Gasteiger partial charge in [-0.25, -0.2) is 0 Å². The molecule has 0 N–H and O–H groups in total. The normalized spacial score (nSPS) is 9.45. The van der Waals surface area contributed by atoms with E-state index in [9.17, 15) is 0 Å². The molecule has 0 saturated carbocycles. The molecule has 0 amide bonds. The van der Waals surface area contributed by atoms with Crippen LogP contribution < -0.4 is 12.3 Å². The Kier molecular flexibility index (Phi) is 3.24. The molecule has 0 bridgehead atoms. The summed E-state index contributed by atoms with van der Waals surface area (Å²) >= 11 is 0.946. The van der Waals surface area contributed by atoms with Crippen molar-refractivity contribution < 1.29 is 9.47 Å². The van der Waals surface area contributed by atoms with Crippen molar-refractivity contribution in [2.75, 3.05) is 14.2 Å². The molecule has 0 unspecified atom stereocenters. The van der Waals surface area contributed by atoms with Crippen LogP contribution in [0.3, 0.4) is 0 Å². The molecule has 3 heteroatoms. The third-order valence-electron chi connectivity index (χ3n) is 1.67. The summed E-state index contributed by atoms with van der Waals surface area (Å²) in [5, 5.41) is 0. The zero-order valence-electron chi connectivity index (χ0n) is 7.05. The van der Waals surface area contributed by atoms with Crippen LogP contribution in [0.2, 0.25) is 0 Å². The summed E-state index contributed by atoms with van der Waals surface area (Å²) in [7, 11) is 3.35. The van der Waals surface area contributed by atoms with Crippen molar-refractivity contribution in [2.24, 2.45) is 0 Å². The van der Waals surface area contributed by atoms with Gasteiger partial charge in [-0.15, -0.1) is 0 Å². The molecule has 0 atom stereocenters. The molecule has 54 valence electrons. The number of methoxy groups -OCH3 is 2. The van der Waals surface area contributed by atoms with Crippen molar-refractivity contribution in [1.29, 1.82) is 0 Å². The van der Waals surface area contributed by atoms with Gasteiger partial charge in [0.15, 0.2) is 0 Å². The molecule has 0 aromatic heterocycles. The van der Waals surface area contributed by atoms with Crippen molar-refractivity contribution in [3.05, 3.63) is 18.2 Å². The minimum absolute atomic E-state index is 0.927. The Morgan fingerprint density at radius 1 is 1.09 bits per heavy atom. The van der Waals surface area contributed by atoms with E-state index in [0.717, 1.165) is 39.4 Å². The van der Waals surface area contributed by atoms with Gasteiger partial charge in [0.05, 0.1) is 0 Å². The Bertz CT molecular complexity index is 226. The number of hydrogen-bond acceptors (Lipinski definition) is 2. The zero-order valence-corrected chi connectivity index (χ0v) is 9.05. The minimum atomic E-state index is 0.927. The molecule has 1 aromatic rings.